The summed E-state index contributed by atoms with van der Waals surface area (Å²) in [5, 5.41) is 1.79. The molecule has 20 heavy (non-hydrogen) atoms. The van der Waals surface area contributed by atoms with E-state index in [2.05, 4.69) is 5.32 Å². The van der Waals surface area contributed by atoms with Crippen LogP contribution in [0.15, 0.2) is 18.2 Å². The standard InChI is InChI=1S/C14H20N2O3S/c1-10-6-11(9-15)8-12(7-10)16-14(17)13-4-2-3-5-20(13,18)19/h6-8,13H,2-5,9,15H2,1H3,(H,16,17). The molecule has 5 nitrogen and oxygen atoms in total. The summed E-state index contributed by atoms with van der Waals surface area (Å²) in [5.74, 6) is -0.328. The summed E-state index contributed by atoms with van der Waals surface area (Å²) < 4.78 is 23.8. The topological polar surface area (TPSA) is 89.3 Å². The van der Waals surface area contributed by atoms with Gasteiger partial charge in [0.1, 0.15) is 5.25 Å². The summed E-state index contributed by atoms with van der Waals surface area (Å²) >= 11 is 0. The highest BCUT2D eigenvalue weighted by molar-refractivity contribution is 7.92. The van der Waals surface area contributed by atoms with Crippen LogP contribution in [0.1, 0.15) is 30.4 Å². The van der Waals surface area contributed by atoms with Gasteiger partial charge in [-0.1, -0.05) is 12.5 Å². The second-order valence-electron chi connectivity index (χ2n) is 5.25. The molecule has 1 unspecified atom stereocenters. The molecular formula is C14H20N2O3S. The van der Waals surface area contributed by atoms with Crippen LogP contribution in [-0.4, -0.2) is 25.3 Å². The largest absolute Gasteiger partial charge is 0.326 e. The van der Waals surface area contributed by atoms with Gasteiger partial charge < -0.3 is 11.1 Å². The quantitative estimate of drug-likeness (QED) is 0.881. The van der Waals surface area contributed by atoms with Gasteiger partial charge in [0.15, 0.2) is 9.84 Å². The van der Waals surface area contributed by atoms with Gasteiger partial charge in [-0.05, 0) is 43.0 Å². The SMILES string of the molecule is Cc1cc(CN)cc(NC(=O)C2CCCCS2(=O)=O)c1. The van der Waals surface area contributed by atoms with Crippen LogP contribution in [0.25, 0.3) is 0 Å². The highest BCUT2D eigenvalue weighted by Crippen LogP contribution is 2.22. The van der Waals surface area contributed by atoms with Crippen LogP contribution in [-0.2, 0) is 21.2 Å². The fourth-order valence-electron chi connectivity index (χ4n) is 2.52. The molecule has 0 bridgehead atoms. The maximum atomic E-state index is 12.2. The Labute approximate surface area is 119 Å². The Balaban J connectivity index is 2.17. The number of amides is 1. The van der Waals surface area contributed by atoms with E-state index in [1.807, 2.05) is 19.1 Å². The van der Waals surface area contributed by atoms with Gasteiger partial charge in [0.05, 0.1) is 5.75 Å². The Morgan fingerprint density at radius 1 is 1.35 bits per heavy atom. The van der Waals surface area contributed by atoms with Gasteiger partial charge in [0.25, 0.3) is 0 Å². The average Bonchev–Trinajstić information content (AvgIpc) is 2.37. The highest BCUT2D eigenvalue weighted by atomic mass is 32.2. The van der Waals surface area contributed by atoms with Crippen molar-refractivity contribution in [1.82, 2.24) is 0 Å². The van der Waals surface area contributed by atoms with Crippen molar-refractivity contribution >= 4 is 21.4 Å². The van der Waals surface area contributed by atoms with Crippen LogP contribution in [0.2, 0.25) is 0 Å². The van der Waals surface area contributed by atoms with E-state index in [0.29, 0.717) is 25.1 Å². The van der Waals surface area contributed by atoms with Gasteiger partial charge in [0, 0.05) is 12.2 Å². The number of carbonyl (C=O) groups excluding carboxylic acids is 1. The Bertz CT molecular complexity index is 611. The fraction of sp³-hybridized carbons (Fsp3) is 0.500. The van der Waals surface area contributed by atoms with Crippen LogP contribution in [0.3, 0.4) is 0 Å². The summed E-state index contributed by atoms with van der Waals surface area (Å²) in [6.45, 7) is 2.29. The molecule has 0 aliphatic carbocycles. The van der Waals surface area contributed by atoms with Crippen LogP contribution >= 0.6 is 0 Å². The third-order valence-electron chi connectivity index (χ3n) is 3.51. The van der Waals surface area contributed by atoms with Crippen molar-refractivity contribution in [3.05, 3.63) is 29.3 Å². The summed E-state index contributed by atoms with van der Waals surface area (Å²) in [7, 11) is -3.31. The molecule has 1 amide bonds. The molecule has 1 saturated heterocycles. The number of carbonyl (C=O) groups is 1. The van der Waals surface area contributed by atoms with E-state index >= 15 is 0 Å². The first-order valence-electron chi connectivity index (χ1n) is 6.75. The Hall–Kier alpha value is -1.40. The molecule has 6 heteroatoms. The van der Waals surface area contributed by atoms with Crippen LogP contribution in [0.5, 0.6) is 0 Å². The summed E-state index contributed by atoms with van der Waals surface area (Å²) in [6, 6.07) is 5.53. The molecule has 0 saturated carbocycles. The summed E-state index contributed by atoms with van der Waals surface area (Å²) in [4.78, 5) is 12.2. The summed E-state index contributed by atoms with van der Waals surface area (Å²) in [5.41, 5.74) is 8.09. The smallest absolute Gasteiger partial charge is 0.242 e. The minimum Gasteiger partial charge on any atom is -0.326 e. The number of benzene rings is 1. The monoisotopic (exact) mass is 296 g/mol. The number of nitrogens with one attached hydrogen (secondary N) is 1. The number of sulfone groups is 1. The first-order chi connectivity index (χ1) is 9.42. The van der Waals surface area contributed by atoms with E-state index in [-0.39, 0.29) is 5.75 Å². The molecule has 1 aliphatic rings. The second-order valence-corrected chi connectivity index (χ2v) is 7.56. The number of anilines is 1. The first kappa shape index (κ1) is 15.0. The minimum atomic E-state index is -3.31. The van der Waals surface area contributed by atoms with E-state index in [9.17, 15) is 13.2 Å². The molecule has 110 valence electrons. The lowest BCUT2D eigenvalue weighted by atomic mass is 10.1. The maximum absolute atomic E-state index is 12.2. The molecular weight excluding hydrogens is 276 g/mol. The average molecular weight is 296 g/mol. The molecule has 3 N–H and O–H groups in total. The van der Waals surface area contributed by atoms with E-state index in [4.69, 9.17) is 5.73 Å². The third-order valence-corrected chi connectivity index (χ3v) is 5.69. The zero-order chi connectivity index (χ0) is 14.8. The molecule has 0 aromatic heterocycles. The maximum Gasteiger partial charge on any atom is 0.242 e. The van der Waals surface area contributed by atoms with E-state index < -0.39 is 21.0 Å². The van der Waals surface area contributed by atoms with Crippen LogP contribution < -0.4 is 11.1 Å². The van der Waals surface area contributed by atoms with Crippen molar-refractivity contribution in [2.24, 2.45) is 5.73 Å². The Morgan fingerprint density at radius 3 is 2.75 bits per heavy atom. The van der Waals surface area contributed by atoms with Gasteiger partial charge in [-0.3, -0.25) is 4.79 Å². The van der Waals surface area contributed by atoms with Crippen molar-refractivity contribution < 1.29 is 13.2 Å². The van der Waals surface area contributed by atoms with E-state index in [1.54, 1.807) is 6.07 Å². The number of nitrogens with two attached hydrogens (primary N) is 1. The second kappa shape index (κ2) is 5.93. The molecule has 2 rings (SSSR count). The van der Waals surface area contributed by atoms with Gasteiger partial charge in [-0.15, -0.1) is 0 Å². The number of hydrogen-bond acceptors (Lipinski definition) is 4. The fourth-order valence-corrected chi connectivity index (χ4v) is 4.33. The summed E-state index contributed by atoms with van der Waals surface area (Å²) in [6.07, 6.45) is 1.83. The number of rotatable bonds is 3. The lowest BCUT2D eigenvalue weighted by Crippen LogP contribution is -2.39. The molecule has 1 aromatic rings. The van der Waals surface area contributed by atoms with Crippen molar-refractivity contribution in [3.63, 3.8) is 0 Å². The van der Waals surface area contributed by atoms with Crippen molar-refractivity contribution in [3.8, 4) is 0 Å². The molecule has 0 spiro atoms. The van der Waals surface area contributed by atoms with Crippen molar-refractivity contribution in [2.75, 3.05) is 11.1 Å². The van der Waals surface area contributed by atoms with Crippen molar-refractivity contribution in [1.29, 1.82) is 0 Å². The Morgan fingerprint density at radius 2 is 2.10 bits per heavy atom. The lowest BCUT2D eigenvalue weighted by molar-refractivity contribution is -0.116. The predicted octanol–water partition coefficient (Wildman–Crippen LogP) is 1.36. The molecule has 1 fully saturated rings. The van der Waals surface area contributed by atoms with Crippen molar-refractivity contribution in [2.45, 2.75) is 38.0 Å². The van der Waals surface area contributed by atoms with Crippen LogP contribution in [0.4, 0.5) is 5.69 Å². The molecule has 1 aliphatic heterocycles. The van der Waals surface area contributed by atoms with E-state index in [0.717, 1.165) is 17.5 Å². The van der Waals surface area contributed by atoms with Gasteiger partial charge in [-0.25, -0.2) is 8.42 Å². The predicted molar refractivity (Wildman–Crippen MR) is 79.1 cm³/mol. The first-order valence-corrected chi connectivity index (χ1v) is 8.47. The minimum absolute atomic E-state index is 0.104. The van der Waals surface area contributed by atoms with Gasteiger partial charge in [0.2, 0.25) is 5.91 Å². The Kier molecular flexibility index (Phi) is 4.45. The third kappa shape index (κ3) is 3.37. The molecule has 0 radical (unpaired) electrons. The lowest BCUT2D eigenvalue weighted by Gasteiger charge is -2.21. The molecule has 1 heterocycles. The van der Waals surface area contributed by atoms with E-state index in [1.165, 1.54) is 0 Å². The normalized spacial score (nSPS) is 21.4. The zero-order valence-corrected chi connectivity index (χ0v) is 12.4. The molecule has 1 aromatic carbocycles. The molecule has 1 atom stereocenters. The number of hydrogen-bond donors (Lipinski definition) is 2. The van der Waals surface area contributed by atoms with Gasteiger partial charge in [-0.2, -0.15) is 0 Å². The zero-order valence-electron chi connectivity index (χ0n) is 11.6. The highest BCUT2D eigenvalue weighted by Gasteiger charge is 2.34. The van der Waals surface area contributed by atoms with Gasteiger partial charge >= 0.3 is 0 Å². The number of aryl methyl sites for hydroxylation is 1. The van der Waals surface area contributed by atoms with Crippen LogP contribution in [0, 0.1) is 6.92 Å².